The normalized spacial score (nSPS) is 11.5. The SMILES string of the molecule is O=S(=O)(Nc1noc(-c2ccc(Cl)cc2)n1)c1cccs1. The van der Waals surface area contributed by atoms with E-state index in [4.69, 9.17) is 16.1 Å². The van der Waals surface area contributed by atoms with Crippen LogP contribution in [0.15, 0.2) is 50.5 Å². The molecule has 0 bridgehead atoms. The van der Waals surface area contributed by atoms with E-state index in [1.54, 1.807) is 35.7 Å². The second kappa shape index (κ2) is 5.47. The predicted molar refractivity (Wildman–Crippen MR) is 79.9 cm³/mol. The largest absolute Gasteiger partial charge is 0.332 e. The van der Waals surface area contributed by atoms with Gasteiger partial charge in [-0.15, -0.1) is 11.3 Å². The number of benzene rings is 1. The van der Waals surface area contributed by atoms with Crippen molar-refractivity contribution in [3.63, 3.8) is 0 Å². The molecule has 0 fully saturated rings. The van der Waals surface area contributed by atoms with Gasteiger partial charge in [0.2, 0.25) is 0 Å². The van der Waals surface area contributed by atoms with Crippen LogP contribution in [0.3, 0.4) is 0 Å². The summed E-state index contributed by atoms with van der Waals surface area (Å²) in [5.74, 6) is 0.0869. The smallest absolute Gasteiger partial charge is 0.277 e. The lowest BCUT2D eigenvalue weighted by atomic mass is 10.2. The number of nitrogens with zero attached hydrogens (tertiary/aromatic N) is 2. The molecule has 1 N–H and O–H groups in total. The van der Waals surface area contributed by atoms with Gasteiger partial charge in [-0.3, -0.25) is 0 Å². The monoisotopic (exact) mass is 341 g/mol. The second-order valence-electron chi connectivity index (χ2n) is 3.97. The molecule has 0 radical (unpaired) electrons. The molecule has 3 aromatic rings. The highest BCUT2D eigenvalue weighted by Crippen LogP contribution is 2.23. The summed E-state index contributed by atoms with van der Waals surface area (Å²) in [4.78, 5) is 4.00. The van der Waals surface area contributed by atoms with E-state index in [-0.39, 0.29) is 16.0 Å². The average Bonchev–Trinajstić information content (AvgIpc) is 3.10. The summed E-state index contributed by atoms with van der Waals surface area (Å²) in [6.07, 6.45) is 0. The zero-order valence-corrected chi connectivity index (χ0v) is 12.7. The quantitative estimate of drug-likeness (QED) is 0.787. The zero-order chi connectivity index (χ0) is 14.9. The van der Waals surface area contributed by atoms with Gasteiger partial charge < -0.3 is 4.52 Å². The van der Waals surface area contributed by atoms with Gasteiger partial charge in [-0.2, -0.15) is 4.98 Å². The lowest BCUT2D eigenvalue weighted by molar-refractivity contribution is 0.433. The minimum absolute atomic E-state index is 0.117. The van der Waals surface area contributed by atoms with Crippen molar-refractivity contribution in [3.8, 4) is 11.5 Å². The first-order valence-corrected chi connectivity index (χ1v) is 8.45. The molecule has 0 unspecified atom stereocenters. The number of hydrogen-bond donors (Lipinski definition) is 1. The highest BCUT2D eigenvalue weighted by Gasteiger charge is 2.19. The van der Waals surface area contributed by atoms with Crippen molar-refractivity contribution in [1.82, 2.24) is 10.1 Å². The minimum Gasteiger partial charge on any atom is -0.332 e. The molecule has 0 saturated heterocycles. The number of anilines is 1. The molecular formula is C12H8ClN3O3S2. The average molecular weight is 342 g/mol. The van der Waals surface area contributed by atoms with Gasteiger partial charge in [0.25, 0.3) is 21.9 Å². The molecule has 0 aliphatic carbocycles. The lowest BCUT2D eigenvalue weighted by Gasteiger charge is -1.99. The summed E-state index contributed by atoms with van der Waals surface area (Å²) in [7, 11) is -3.68. The Morgan fingerprint density at radius 3 is 2.62 bits per heavy atom. The summed E-state index contributed by atoms with van der Waals surface area (Å²) in [5.41, 5.74) is 0.647. The number of hydrogen-bond acceptors (Lipinski definition) is 6. The van der Waals surface area contributed by atoms with E-state index >= 15 is 0 Å². The van der Waals surface area contributed by atoms with Gasteiger partial charge >= 0.3 is 0 Å². The van der Waals surface area contributed by atoms with Crippen LogP contribution in [0.25, 0.3) is 11.5 Å². The van der Waals surface area contributed by atoms with E-state index < -0.39 is 10.0 Å². The Bertz CT molecular complexity index is 842. The maximum Gasteiger partial charge on any atom is 0.277 e. The maximum absolute atomic E-state index is 12.0. The Morgan fingerprint density at radius 1 is 1.19 bits per heavy atom. The Balaban J connectivity index is 1.84. The summed E-state index contributed by atoms with van der Waals surface area (Å²) >= 11 is 6.89. The predicted octanol–water partition coefficient (Wildman–Crippen LogP) is 3.25. The molecule has 9 heteroatoms. The van der Waals surface area contributed by atoms with Crippen molar-refractivity contribution in [3.05, 3.63) is 46.8 Å². The van der Waals surface area contributed by atoms with Crippen molar-refractivity contribution in [1.29, 1.82) is 0 Å². The van der Waals surface area contributed by atoms with Crippen molar-refractivity contribution in [2.45, 2.75) is 4.21 Å². The van der Waals surface area contributed by atoms with Gasteiger partial charge in [0, 0.05) is 10.6 Å². The molecule has 0 aliphatic heterocycles. The van der Waals surface area contributed by atoms with Gasteiger partial charge in [0.1, 0.15) is 4.21 Å². The second-order valence-corrected chi connectivity index (χ2v) is 7.26. The van der Waals surface area contributed by atoms with E-state index in [0.717, 1.165) is 11.3 Å². The van der Waals surface area contributed by atoms with E-state index in [1.807, 2.05) is 0 Å². The van der Waals surface area contributed by atoms with Crippen LogP contribution in [0, 0.1) is 0 Å². The number of rotatable bonds is 4. The fourth-order valence-corrected chi connectivity index (χ4v) is 3.62. The van der Waals surface area contributed by atoms with E-state index in [2.05, 4.69) is 14.9 Å². The van der Waals surface area contributed by atoms with Gasteiger partial charge in [0.05, 0.1) is 0 Å². The Kier molecular flexibility index (Phi) is 3.66. The molecule has 108 valence electrons. The first kappa shape index (κ1) is 14.1. The third kappa shape index (κ3) is 3.07. The molecule has 2 heterocycles. The van der Waals surface area contributed by atoms with Crippen LogP contribution in [0.1, 0.15) is 0 Å². The molecule has 0 spiro atoms. The van der Waals surface area contributed by atoms with Crippen LogP contribution in [0.4, 0.5) is 5.95 Å². The van der Waals surface area contributed by atoms with Crippen molar-refractivity contribution in [2.24, 2.45) is 0 Å². The molecule has 0 aliphatic rings. The molecule has 3 rings (SSSR count). The number of thiophene rings is 1. The summed E-state index contributed by atoms with van der Waals surface area (Å²) in [5, 5.41) is 5.86. The van der Waals surface area contributed by atoms with Crippen LogP contribution in [0.2, 0.25) is 5.02 Å². The summed E-state index contributed by atoms with van der Waals surface area (Å²) in [6, 6.07) is 9.90. The Hall–Kier alpha value is -1.90. The van der Waals surface area contributed by atoms with Crippen LogP contribution >= 0.6 is 22.9 Å². The zero-order valence-electron chi connectivity index (χ0n) is 10.4. The molecular weight excluding hydrogens is 334 g/mol. The van der Waals surface area contributed by atoms with Gasteiger partial charge in [-0.25, -0.2) is 13.1 Å². The van der Waals surface area contributed by atoms with Gasteiger partial charge in [-0.05, 0) is 40.9 Å². The number of sulfonamides is 1. The molecule has 0 amide bonds. The fourth-order valence-electron chi connectivity index (χ4n) is 1.56. The van der Waals surface area contributed by atoms with Crippen LogP contribution < -0.4 is 4.72 Å². The molecule has 6 nitrogen and oxygen atoms in total. The van der Waals surface area contributed by atoms with E-state index in [9.17, 15) is 8.42 Å². The lowest BCUT2D eigenvalue weighted by Crippen LogP contribution is -2.12. The Labute approximate surface area is 129 Å². The minimum atomic E-state index is -3.68. The first-order valence-electron chi connectivity index (χ1n) is 5.70. The van der Waals surface area contributed by atoms with Crippen molar-refractivity contribution < 1.29 is 12.9 Å². The van der Waals surface area contributed by atoms with E-state index in [0.29, 0.717) is 10.6 Å². The third-order valence-corrected chi connectivity index (χ3v) is 5.48. The van der Waals surface area contributed by atoms with Crippen LogP contribution in [-0.4, -0.2) is 18.6 Å². The van der Waals surface area contributed by atoms with Crippen LogP contribution in [0.5, 0.6) is 0 Å². The van der Waals surface area contributed by atoms with Crippen LogP contribution in [-0.2, 0) is 10.0 Å². The molecule has 1 aromatic carbocycles. The van der Waals surface area contributed by atoms with Gasteiger partial charge in [-0.1, -0.05) is 17.7 Å². The van der Waals surface area contributed by atoms with Gasteiger partial charge in [0.15, 0.2) is 0 Å². The molecule has 2 aromatic heterocycles. The number of nitrogens with one attached hydrogen (secondary N) is 1. The highest BCUT2D eigenvalue weighted by atomic mass is 35.5. The maximum atomic E-state index is 12.0. The third-order valence-electron chi connectivity index (χ3n) is 2.50. The first-order chi connectivity index (χ1) is 10.0. The summed E-state index contributed by atoms with van der Waals surface area (Å²) < 4.78 is 31.5. The van der Waals surface area contributed by atoms with Crippen molar-refractivity contribution in [2.75, 3.05) is 4.72 Å². The standard InChI is InChI=1S/C12H8ClN3O3S2/c13-9-5-3-8(4-6-9)11-14-12(15-19-11)16-21(17,18)10-2-1-7-20-10/h1-7H,(H,15,16). The highest BCUT2D eigenvalue weighted by molar-refractivity contribution is 7.94. The topological polar surface area (TPSA) is 85.1 Å². The number of aromatic nitrogens is 2. The molecule has 21 heavy (non-hydrogen) atoms. The number of halogens is 1. The molecule has 0 saturated carbocycles. The van der Waals surface area contributed by atoms with Crippen molar-refractivity contribution >= 4 is 38.9 Å². The molecule has 0 atom stereocenters. The fraction of sp³-hybridized carbons (Fsp3) is 0. The van der Waals surface area contributed by atoms with E-state index in [1.165, 1.54) is 6.07 Å². The summed E-state index contributed by atoms with van der Waals surface area (Å²) in [6.45, 7) is 0. The Morgan fingerprint density at radius 2 is 1.95 bits per heavy atom.